The Balaban J connectivity index is 1.85. The third-order valence-electron chi connectivity index (χ3n) is 3.87. The smallest absolute Gasteiger partial charge is 0.367 e. The van der Waals surface area contributed by atoms with Gasteiger partial charge in [-0.3, -0.25) is 0 Å². The Labute approximate surface area is 138 Å². The Morgan fingerprint density at radius 1 is 1.04 bits per heavy atom. The van der Waals surface area contributed by atoms with Crippen molar-refractivity contribution in [1.29, 1.82) is 0 Å². The van der Waals surface area contributed by atoms with Gasteiger partial charge in [-0.05, 0) is 50.4 Å². The maximum Gasteiger partial charge on any atom is 0.367 e. The van der Waals surface area contributed by atoms with Gasteiger partial charge < -0.3 is 9.47 Å². The zero-order valence-electron chi connectivity index (χ0n) is 12.8. The Morgan fingerprint density at radius 2 is 1.70 bits per heavy atom. The third kappa shape index (κ3) is 5.64. The molecule has 2 unspecified atom stereocenters. The first-order valence-corrected chi connectivity index (χ1v) is 8.76. The summed E-state index contributed by atoms with van der Waals surface area (Å²) in [6.07, 6.45) is 4.94. The van der Waals surface area contributed by atoms with Gasteiger partial charge >= 0.3 is 11.9 Å². The van der Waals surface area contributed by atoms with E-state index in [1.807, 2.05) is 0 Å². The molecular formula is C16H20F2O4S. The topological polar surface area (TPSA) is 52.6 Å². The van der Waals surface area contributed by atoms with Gasteiger partial charge in [0.2, 0.25) is 11.7 Å². The molecule has 1 heterocycles. The second-order valence-electron chi connectivity index (χ2n) is 5.69. The van der Waals surface area contributed by atoms with Crippen molar-refractivity contribution in [3.8, 4) is 0 Å². The lowest BCUT2D eigenvalue weighted by Crippen LogP contribution is -2.27. The van der Waals surface area contributed by atoms with Crippen LogP contribution in [0, 0.1) is 0 Å². The molecule has 0 bridgehead atoms. The van der Waals surface area contributed by atoms with Gasteiger partial charge in [-0.25, -0.2) is 9.59 Å². The largest absolute Gasteiger partial charge is 0.457 e. The Bertz CT molecular complexity index is 500. The van der Waals surface area contributed by atoms with Crippen molar-refractivity contribution in [2.24, 2.45) is 0 Å². The van der Waals surface area contributed by atoms with Crippen LogP contribution >= 0.6 is 11.8 Å². The number of ether oxygens (including phenoxy) is 2. The first-order valence-electron chi connectivity index (χ1n) is 7.71. The van der Waals surface area contributed by atoms with Gasteiger partial charge in [0.1, 0.15) is 12.2 Å². The Kier molecular flexibility index (Phi) is 6.62. The predicted molar refractivity (Wildman–Crippen MR) is 83.1 cm³/mol. The van der Waals surface area contributed by atoms with Crippen molar-refractivity contribution in [2.45, 2.75) is 56.0 Å². The molecule has 1 aliphatic heterocycles. The number of hydrogen-bond donors (Lipinski definition) is 0. The Morgan fingerprint density at radius 3 is 2.35 bits per heavy atom. The minimum Gasteiger partial charge on any atom is -0.457 e. The first-order chi connectivity index (χ1) is 11.0. The highest BCUT2D eigenvalue weighted by Crippen LogP contribution is 2.30. The molecule has 1 saturated carbocycles. The predicted octanol–water partition coefficient (Wildman–Crippen LogP) is 3.62. The van der Waals surface area contributed by atoms with Crippen LogP contribution in [0.25, 0.3) is 0 Å². The second kappa shape index (κ2) is 8.47. The van der Waals surface area contributed by atoms with Gasteiger partial charge in [-0.15, -0.1) is 0 Å². The SMILES string of the molecule is C=C(F)C(=O)OC1CCSC(/C=C(\F)C(=O)OC2CCCC2)C1. The average molecular weight is 346 g/mol. The number of carbonyl (C=O) groups is 2. The number of halogens is 2. The lowest BCUT2D eigenvalue weighted by Gasteiger charge is -2.26. The second-order valence-corrected chi connectivity index (χ2v) is 7.04. The molecule has 4 nitrogen and oxygen atoms in total. The highest BCUT2D eigenvalue weighted by molar-refractivity contribution is 8.00. The maximum absolute atomic E-state index is 13.9. The van der Waals surface area contributed by atoms with E-state index in [1.54, 1.807) is 0 Å². The molecule has 128 valence electrons. The summed E-state index contributed by atoms with van der Waals surface area (Å²) in [6.45, 7) is 2.88. The zero-order chi connectivity index (χ0) is 16.8. The molecule has 2 aliphatic rings. The van der Waals surface area contributed by atoms with E-state index in [-0.39, 0.29) is 11.4 Å². The van der Waals surface area contributed by atoms with Crippen molar-refractivity contribution in [1.82, 2.24) is 0 Å². The van der Waals surface area contributed by atoms with E-state index in [2.05, 4.69) is 6.58 Å². The van der Waals surface area contributed by atoms with E-state index in [4.69, 9.17) is 9.47 Å². The van der Waals surface area contributed by atoms with Gasteiger partial charge in [0.15, 0.2) is 0 Å². The molecule has 7 heteroatoms. The molecule has 23 heavy (non-hydrogen) atoms. The molecule has 0 spiro atoms. The fourth-order valence-electron chi connectivity index (χ4n) is 2.68. The van der Waals surface area contributed by atoms with Crippen molar-refractivity contribution < 1.29 is 27.8 Å². The van der Waals surface area contributed by atoms with Gasteiger partial charge in [0.05, 0.1) is 0 Å². The molecule has 2 fully saturated rings. The fourth-order valence-corrected chi connectivity index (χ4v) is 3.95. The molecule has 0 aromatic carbocycles. The summed E-state index contributed by atoms with van der Waals surface area (Å²) in [7, 11) is 0. The van der Waals surface area contributed by atoms with Crippen molar-refractivity contribution >= 4 is 23.7 Å². The Hall–Kier alpha value is -1.37. The molecule has 2 rings (SSSR count). The van der Waals surface area contributed by atoms with Crippen LogP contribution in [0.2, 0.25) is 0 Å². The van der Waals surface area contributed by atoms with Gasteiger partial charge in [-0.2, -0.15) is 20.5 Å². The van der Waals surface area contributed by atoms with Crippen LogP contribution < -0.4 is 0 Å². The summed E-state index contributed by atoms with van der Waals surface area (Å²) >= 11 is 1.46. The molecule has 0 N–H and O–H groups in total. The van der Waals surface area contributed by atoms with E-state index < -0.39 is 29.7 Å². The lowest BCUT2D eigenvalue weighted by atomic mass is 10.1. The van der Waals surface area contributed by atoms with E-state index in [0.717, 1.165) is 25.7 Å². The van der Waals surface area contributed by atoms with Gasteiger partial charge in [0.25, 0.3) is 0 Å². The molecule has 0 radical (unpaired) electrons. The van der Waals surface area contributed by atoms with Gasteiger partial charge in [0, 0.05) is 5.25 Å². The van der Waals surface area contributed by atoms with E-state index in [9.17, 15) is 18.4 Å². The van der Waals surface area contributed by atoms with E-state index >= 15 is 0 Å². The summed E-state index contributed by atoms with van der Waals surface area (Å²) in [6, 6.07) is 0. The standard InChI is InChI=1S/C16H20F2O4S/c1-10(17)15(19)22-12-6-7-23-13(8-12)9-14(18)16(20)21-11-4-2-3-5-11/h9,11-13H,1-8H2/b14-9-. The van der Waals surface area contributed by atoms with Crippen LogP contribution in [-0.2, 0) is 19.1 Å². The quantitative estimate of drug-likeness (QED) is 0.562. The molecule has 2 atom stereocenters. The highest BCUT2D eigenvalue weighted by atomic mass is 32.2. The van der Waals surface area contributed by atoms with Gasteiger partial charge in [-0.1, -0.05) is 6.58 Å². The maximum atomic E-state index is 13.9. The number of rotatable bonds is 5. The van der Waals surface area contributed by atoms with Crippen molar-refractivity contribution in [2.75, 3.05) is 5.75 Å². The fraction of sp³-hybridized carbons (Fsp3) is 0.625. The lowest BCUT2D eigenvalue weighted by molar-refractivity contribution is -0.147. The molecule has 1 saturated heterocycles. The van der Waals surface area contributed by atoms with E-state index in [1.165, 1.54) is 17.8 Å². The number of esters is 2. The van der Waals surface area contributed by atoms with Crippen molar-refractivity contribution in [3.63, 3.8) is 0 Å². The minimum absolute atomic E-state index is 0.190. The molecule has 1 aliphatic carbocycles. The third-order valence-corrected chi connectivity index (χ3v) is 5.09. The monoisotopic (exact) mass is 346 g/mol. The van der Waals surface area contributed by atoms with Crippen LogP contribution in [0.15, 0.2) is 24.3 Å². The van der Waals surface area contributed by atoms with Crippen LogP contribution in [0.5, 0.6) is 0 Å². The zero-order valence-corrected chi connectivity index (χ0v) is 13.6. The highest BCUT2D eigenvalue weighted by Gasteiger charge is 2.27. The summed E-state index contributed by atoms with van der Waals surface area (Å²) < 4.78 is 36.6. The average Bonchev–Trinajstić information content (AvgIpc) is 3.00. The van der Waals surface area contributed by atoms with Crippen molar-refractivity contribution in [3.05, 3.63) is 24.3 Å². The molecule has 0 amide bonds. The summed E-state index contributed by atoms with van der Waals surface area (Å²) in [5, 5.41) is -0.314. The van der Waals surface area contributed by atoms with Crippen LogP contribution in [-0.4, -0.2) is 35.1 Å². The van der Waals surface area contributed by atoms with Crippen LogP contribution in [0.1, 0.15) is 38.5 Å². The first kappa shape index (κ1) is 18.0. The number of hydrogen-bond acceptors (Lipinski definition) is 5. The molecular weight excluding hydrogens is 326 g/mol. The molecule has 0 aromatic heterocycles. The number of carbonyl (C=O) groups excluding carboxylic acids is 2. The normalized spacial score (nSPS) is 25.9. The van der Waals surface area contributed by atoms with Crippen LogP contribution in [0.3, 0.4) is 0 Å². The number of thioether (sulfide) groups is 1. The minimum atomic E-state index is -1.15. The summed E-state index contributed by atoms with van der Waals surface area (Å²) in [5.74, 6) is -3.47. The van der Waals surface area contributed by atoms with Crippen LogP contribution in [0.4, 0.5) is 8.78 Å². The summed E-state index contributed by atoms with van der Waals surface area (Å²) in [4.78, 5) is 22.9. The van der Waals surface area contributed by atoms with E-state index in [0.29, 0.717) is 18.6 Å². The summed E-state index contributed by atoms with van der Waals surface area (Å²) in [5.41, 5.74) is 0. The molecule has 0 aromatic rings.